The van der Waals surface area contributed by atoms with Crippen molar-refractivity contribution in [3.63, 3.8) is 0 Å². The fourth-order valence-electron chi connectivity index (χ4n) is 5.10. The predicted octanol–water partition coefficient (Wildman–Crippen LogP) is 4.78. The summed E-state index contributed by atoms with van der Waals surface area (Å²) < 4.78 is 5.54. The molecule has 0 bridgehead atoms. The number of benzene rings is 2. The third kappa shape index (κ3) is 9.01. The van der Waals surface area contributed by atoms with Crippen LogP contribution in [0.3, 0.4) is 0 Å². The number of ether oxygens (including phenoxy) is 1. The van der Waals surface area contributed by atoms with Gasteiger partial charge in [0.2, 0.25) is 5.91 Å². The molecule has 0 atom stereocenters. The van der Waals surface area contributed by atoms with Crippen LogP contribution in [0.1, 0.15) is 56.3 Å². The van der Waals surface area contributed by atoms with E-state index in [-0.39, 0.29) is 37.5 Å². The van der Waals surface area contributed by atoms with Gasteiger partial charge in [0.15, 0.2) is 0 Å². The molecule has 11 nitrogen and oxygen atoms in total. The topological polar surface area (TPSA) is 111 Å². The van der Waals surface area contributed by atoms with Gasteiger partial charge in [-0.2, -0.15) is 0 Å². The number of rotatable bonds is 11. The highest BCUT2D eigenvalue weighted by atomic mass is 32.1. The van der Waals surface area contributed by atoms with Crippen LogP contribution in [-0.4, -0.2) is 87.9 Å². The Morgan fingerprint density at radius 2 is 1.69 bits per heavy atom. The van der Waals surface area contributed by atoms with Crippen molar-refractivity contribution in [2.75, 3.05) is 38.1 Å². The van der Waals surface area contributed by atoms with E-state index >= 15 is 0 Å². The Bertz CT molecular complexity index is 1490. The highest BCUT2D eigenvalue weighted by molar-refractivity contribution is 7.14. The number of aromatic nitrogens is 2. The van der Waals surface area contributed by atoms with Crippen LogP contribution in [0.5, 0.6) is 0 Å². The summed E-state index contributed by atoms with van der Waals surface area (Å²) in [7, 11) is 1.77. The molecular weight excluding hydrogens is 590 g/mol. The van der Waals surface area contributed by atoms with Crippen LogP contribution < -0.4 is 10.2 Å². The summed E-state index contributed by atoms with van der Waals surface area (Å²) in [6.07, 6.45) is -0.426. The lowest BCUT2D eigenvalue weighted by molar-refractivity contribution is -0.145. The molecule has 0 radical (unpaired) electrons. The Kier molecular flexibility index (Phi) is 10.8. The molecule has 2 aromatic carbocycles. The molecule has 1 aliphatic heterocycles. The van der Waals surface area contributed by atoms with Gasteiger partial charge in [-0.3, -0.25) is 14.6 Å². The van der Waals surface area contributed by atoms with Gasteiger partial charge in [-0.15, -0.1) is 10.2 Å². The number of likely N-dealkylation sites (N-methyl/N-ethyl adjacent to an activating group) is 1. The number of carbonyl (C=O) groups is 3. The molecule has 3 amide bonds. The van der Waals surface area contributed by atoms with Gasteiger partial charge in [0.25, 0.3) is 5.91 Å². The minimum absolute atomic E-state index is 0.00771. The molecule has 0 saturated heterocycles. The highest BCUT2D eigenvalue weighted by Gasteiger charge is 2.28. The van der Waals surface area contributed by atoms with Gasteiger partial charge in [-0.25, -0.2) is 9.80 Å². The Hall–Kier alpha value is -4.03. The maximum Gasteiger partial charge on any atom is 0.410 e. The molecular formula is C33H45N7O4S. The van der Waals surface area contributed by atoms with Crippen molar-refractivity contribution in [2.24, 2.45) is 0 Å². The van der Waals surface area contributed by atoms with Gasteiger partial charge < -0.3 is 19.9 Å². The smallest absolute Gasteiger partial charge is 0.410 e. The second-order valence-electron chi connectivity index (χ2n) is 12.6. The van der Waals surface area contributed by atoms with Gasteiger partial charge >= 0.3 is 6.09 Å². The van der Waals surface area contributed by atoms with Crippen molar-refractivity contribution >= 4 is 34.9 Å². The second kappa shape index (κ2) is 14.4. The zero-order valence-corrected chi connectivity index (χ0v) is 28.4. The summed E-state index contributed by atoms with van der Waals surface area (Å²) in [6.45, 7) is 14.9. The summed E-state index contributed by atoms with van der Waals surface area (Å²) in [5.74, 6) is -0.397. The number of hydrogen-bond acceptors (Lipinski definition) is 9. The lowest BCUT2D eigenvalue weighted by Gasteiger charge is -2.32. The number of fused-ring (bicyclic) bond motifs is 1. The third-order valence-electron chi connectivity index (χ3n) is 7.52. The normalized spacial score (nSPS) is 13.0. The van der Waals surface area contributed by atoms with Crippen molar-refractivity contribution in [2.45, 2.75) is 73.2 Å². The molecule has 0 unspecified atom stereocenters. The molecule has 3 aromatic rings. The third-order valence-corrected chi connectivity index (χ3v) is 8.41. The number of nitrogens with zero attached hydrogens (tertiary/aromatic N) is 6. The molecule has 12 heteroatoms. The van der Waals surface area contributed by atoms with E-state index in [1.54, 1.807) is 21.9 Å². The van der Waals surface area contributed by atoms with Gasteiger partial charge in [0.05, 0.1) is 13.1 Å². The molecule has 1 aromatic heterocycles. The molecule has 1 N–H and O–H groups in total. The minimum atomic E-state index is -0.620. The SMILES string of the molecule is Cc1nnc(-c2ccc(C)c(N(CC(=O)NCCN(C(=O)OC(C)(C)C)C(C)C)CC(=O)N(C)N3Cc4ccccc4C3)c2)s1. The predicted molar refractivity (Wildman–Crippen MR) is 177 cm³/mol. The molecule has 45 heavy (non-hydrogen) atoms. The average Bonchev–Trinajstić information content (AvgIpc) is 3.60. The summed E-state index contributed by atoms with van der Waals surface area (Å²) in [5.41, 5.74) is 4.34. The molecule has 242 valence electrons. The number of aryl methyl sites for hydroxylation is 2. The van der Waals surface area contributed by atoms with Crippen molar-refractivity contribution in [1.82, 2.24) is 30.4 Å². The number of hydrazine groups is 1. The lowest BCUT2D eigenvalue weighted by Crippen LogP contribution is -2.49. The van der Waals surface area contributed by atoms with Crippen molar-refractivity contribution in [3.05, 3.63) is 64.2 Å². The van der Waals surface area contributed by atoms with E-state index in [9.17, 15) is 14.4 Å². The van der Waals surface area contributed by atoms with Crippen LogP contribution in [0.2, 0.25) is 0 Å². The molecule has 4 rings (SSSR count). The molecule has 0 aliphatic carbocycles. The molecule has 0 fully saturated rings. The van der Waals surface area contributed by atoms with E-state index in [1.807, 2.05) is 83.8 Å². The maximum atomic E-state index is 13.7. The van der Waals surface area contributed by atoms with E-state index in [2.05, 4.69) is 27.6 Å². The first-order valence-corrected chi connectivity index (χ1v) is 16.0. The van der Waals surface area contributed by atoms with E-state index in [4.69, 9.17) is 4.74 Å². The quantitative estimate of drug-likeness (QED) is 0.321. The van der Waals surface area contributed by atoms with E-state index in [1.165, 1.54) is 22.5 Å². The summed E-state index contributed by atoms with van der Waals surface area (Å²) >= 11 is 1.49. The Morgan fingerprint density at radius 3 is 2.27 bits per heavy atom. The molecule has 0 saturated carbocycles. The van der Waals surface area contributed by atoms with E-state index in [0.29, 0.717) is 19.6 Å². The Balaban J connectivity index is 1.49. The van der Waals surface area contributed by atoms with Crippen LogP contribution in [0.25, 0.3) is 10.6 Å². The Morgan fingerprint density at radius 1 is 1.02 bits per heavy atom. The number of carbonyl (C=O) groups excluding carboxylic acids is 3. The largest absolute Gasteiger partial charge is 0.444 e. The van der Waals surface area contributed by atoms with Crippen LogP contribution in [0.4, 0.5) is 10.5 Å². The number of amides is 3. The van der Waals surface area contributed by atoms with Crippen molar-refractivity contribution in [3.8, 4) is 10.6 Å². The number of hydrogen-bond donors (Lipinski definition) is 1. The number of anilines is 1. The van der Waals surface area contributed by atoms with Crippen LogP contribution in [0.15, 0.2) is 42.5 Å². The van der Waals surface area contributed by atoms with Gasteiger partial charge in [0.1, 0.15) is 15.6 Å². The van der Waals surface area contributed by atoms with Crippen molar-refractivity contribution < 1.29 is 19.1 Å². The average molecular weight is 636 g/mol. The molecule has 0 spiro atoms. The zero-order chi connectivity index (χ0) is 32.9. The minimum Gasteiger partial charge on any atom is -0.444 e. The van der Waals surface area contributed by atoms with Gasteiger partial charge in [0, 0.05) is 50.5 Å². The fraction of sp³-hybridized carbons (Fsp3) is 0.485. The van der Waals surface area contributed by atoms with Gasteiger partial charge in [-0.1, -0.05) is 47.7 Å². The monoisotopic (exact) mass is 635 g/mol. The fourth-order valence-corrected chi connectivity index (χ4v) is 5.79. The standard InChI is InChI=1S/C33H45N7O4S/c1-22(2)40(32(43)44-33(5,6)7)16-15-34-29(41)20-38(28-17-25(14-13-23(28)3)31-36-35-24(4)45-31)21-30(42)37(8)39-18-26-11-9-10-12-27(26)19-39/h9-14,17,22H,15-16,18-21H2,1-8H3,(H,34,41). The number of nitrogens with one attached hydrogen (secondary N) is 1. The van der Waals surface area contributed by atoms with E-state index < -0.39 is 11.7 Å². The van der Waals surface area contributed by atoms with Gasteiger partial charge in [-0.05, 0) is 71.2 Å². The second-order valence-corrected chi connectivity index (χ2v) is 13.8. The summed E-state index contributed by atoms with van der Waals surface area (Å²) in [5, 5.41) is 16.7. The summed E-state index contributed by atoms with van der Waals surface area (Å²) in [6, 6.07) is 14.0. The van der Waals surface area contributed by atoms with Crippen LogP contribution in [-0.2, 0) is 27.4 Å². The molecule has 1 aliphatic rings. The first-order valence-electron chi connectivity index (χ1n) is 15.2. The Labute approximate surface area is 270 Å². The van der Waals surface area contributed by atoms with Crippen molar-refractivity contribution in [1.29, 1.82) is 0 Å². The zero-order valence-electron chi connectivity index (χ0n) is 27.6. The first-order chi connectivity index (χ1) is 21.2. The molecule has 2 heterocycles. The van der Waals surface area contributed by atoms with Crippen LogP contribution >= 0.6 is 11.3 Å². The highest BCUT2D eigenvalue weighted by Crippen LogP contribution is 2.30. The van der Waals surface area contributed by atoms with E-state index in [0.717, 1.165) is 26.8 Å². The van der Waals surface area contributed by atoms with Crippen LogP contribution in [0, 0.1) is 13.8 Å². The lowest BCUT2D eigenvalue weighted by atomic mass is 10.1. The summed E-state index contributed by atoms with van der Waals surface area (Å²) in [4.78, 5) is 43.2. The maximum absolute atomic E-state index is 13.7. The first kappa shape index (κ1) is 33.9.